The van der Waals surface area contributed by atoms with E-state index in [0.717, 1.165) is 34.1 Å². The summed E-state index contributed by atoms with van der Waals surface area (Å²) < 4.78 is 7.56. The van der Waals surface area contributed by atoms with Crippen LogP contribution in [-0.2, 0) is 14.3 Å². The normalized spacial score (nSPS) is 13.2. The highest BCUT2D eigenvalue weighted by molar-refractivity contribution is 6.01. The van der Waals surface area contributed by atoms with Crippen molar-refractivity contribution in [2.24, 2.45) is 11.7 Å². The molecule has 0 aliphatic heterocycles. The number of hydrogen-bond donors (Lipinski definition) is 1. The average Bonchev–Trinajstić information content (AvgIpc) is 3.38. The van der Waals surface area contributed by atoms with Gasteiger partial charge in [0.1, 0.15) is 11.7 Å². The molecule has 0 fully saturated rings. The molecule has 9 nitrogen and oxygen atoms in total. The number of hydrogen-bond acceptors (Lipinski definition) is 7. The first-order valence-electron chi connectivity index (χ1n) is 13.0. The van der Waals surface area contributed by atoms with Gasteiger partial charge in [-0.1, -0.05) is 39.0 Å². The van der Waals surface area contributed by atoms with E-state index in [2.05, 4.69) is 17.6 Å². The molecule has 40 heavy (non-hydrogen) atoms. The van der Waals surface area contributed by atoms with Crippen molar-refractivity contribution in [2.75, 3.05) is 11.9 Å². The molecule has 1 amide bonds. The molecule has 9 heteroatoms. The predicted octanol–water partition coefficient (Wildman–Crippen LogP) is 5.22. The van der Waals surface area contributed by atoms with E-state index in [1.807, 2.05) is 44.3 Å². The molecule has 3 heterocycles. The number of pyridine rings is 2. The van der Waals surface area contributed by atoms with Crippen LogP contribution in [0.15, 0.2) is 73.8 Å². The lowest BCUT2D eigenvalue weighted by Crippen LogP contribution is -2.38. The third-order valence-electron chi connectivity index (χ3n) is 7.13. The van der Waals surface area contributed by atoms with E-state index in [1.54, 1.807) is 49.3 Å². The molecular formula is C31H32N6O3. The minimum atomic E-state index is -0.730. The van der Waals surface area contributed by atoms with E-state index in [0.29, 0.717) is 16.9 Å². The summed E-state index contributed by atoms with van der Waals surface area (Å²) in [4.78, 5) is 35.4. The summed E-state index contributed by atoms with van der Waals surface area (Å²) in [5, 5.41) is 10.3. The number of fused-ring (bicyclic) bond motifs is 1. The van der Waals surface area contributed by atoms with Crippen LogP contribution >= 0.6 is 0 Å². The quantitative estimate of drug-likeness (QED) is 0.229. The maximum atomic E-state index is 12.8. The van der Waals surface area contributed by atoms with Crippen molar-refractivity contribution in [2.45, 2.75) is 39.5 Å². The topological polar surface area (TPSA) is 127 Å². The first-order valence-corrected chi connectivity index (χ1v) is 13.0. The molecular weight excluding hydrogens is 504 g/mol. The fourth-order valence-corrected chi connectivity index (χ4v) is 4.38. The number of aromatic nitrogens is 3. The Hall–Kier alpha value is -4.81. The van der Waals surface area contributed by atoms with Crippen molar-refractivity contribution in [1.82, 2.24) is 14.5 Å². The van der Waals surface area contributed by atoms with Crippen molar-refractivity contribution < 1.29 is 14.3 Å². The Labute approximate surface area is 233 Å². The van der Waals surface area contributed by atoms with E-state index in [9.17, 15) is 14.9 Å². The van der Waals surface area contributed by atoms with Gasteiger partial charge in [-0.05, 0) is 48.7 Å². The van der Waals surface area contributed by atoms with Crippen LogP contribution in [0.5, 0.6) is 0 Å². The highest BCUT2D eigenvalue weighted by Crippen LogP contribution is 2.35. The number of benzene rings is 1. The number of anilines is 1. The Morgan fingerprint density at radius 3 is 2.62 bits per heavy atom. The molecule has 0 saturated carbocycles. The Morgan fingerprint density at radius 2 is 1.93 bits per heavy atom. The van der Waals surface area contributed by atoms with Gasteiger partial charge in [-0.3, -0.25) is 19.1 Å². The minimum Gasteiger partial charge on any atom is -0.440 e. The maximum Gasteiger partial charge on any atom is 0.325 e. The van der Waals surface area contributed by atoms with Crippen LogP contribution < -0.4 is 10.6 Å². The standard InChI is InChI=1S/C31H32N6O3/c1-6-19(3)29(33)31(39)40-20(4)37-18-27(22-10-8-9-21(11-22)14-32)26-13-24(16-35-30(26)37)23-12-25(17-34-15-23)36(5)28(38)7-2/h7-13,15-20,29H,2,6,33H2,1,3-5H3/t19?,20-,29?/m0/s1. The largest absolute Gasteiger partial charge is 0.440 e. The van der Waals surface area contributed by atoms with Crippen LogP contribution in [0.3, 0.4) is 0 Å². The van der Waals surface area contributed by atoms with Crippen LogP contribution in [0.2, 0.25) is 0 Å². The van der Waals surface area contributed by atoms with E-state index >= 15 is 0 Å². The molecule has 4 aromatic rings. The molecule has 0 aliphatic rings. The van der Waals surface area contributed by atoms with E-state index < -0.39 is 18.2 Å². The number of nitriles is 1. The Bertz CT molecular complexity index is 1620. The third kappa shape index (κ3) is 5.63. The number of likely N-dealkylation sites (N-methyl/N-ethyl adjacent to an activating group) is 1. The first kappa shape index (κ1) is 28.2. The first-order chi connectivity index (χ1) is 19.2. The summed E-state index contributed by atoms with van der Waals surface area (Å²) in [6.45, 7) is 9.21. The molecule has 0 radical (unpaired) electrons. The van der Waals surface area contributed by atoms with Gasteiger partial charge in [-0.2, -0.15) is 5.26 Å². The van der Waals surface area contributed by atoms with Crippen molar-refractivity contribution in [3.05, 3.63) is 79.4 Å². The van der Waals surface area contributed by atoms with Gasteiger partial charge in [-0.15, -0.1) is 0 Å². The van der Waals surface area contributed by atoms with Crippen LogP contribution in [0, 0.1) is 17.2 Å². The summed E-state index contributed by atoms with van der Waals surface area (Å²) in [6.07, 6.45) is 8.21. The Morgan fingerprint density at radius 1 is 1.18 bits per heavy atom. The molecule has 1 aromatic carbocycles. The fourth-order valence-electron chi connectivity index (χ4n) is 4.38. The van der Waals surface area contributed by atoms with Crippen molar-refractivity contribution in [1.29, 1.82) is 5.26 Å². The van der Waals surface area contributed by atoms with Gasteiger partial charge in [0.2, 0.25) is 5.91 Å². The van der Waals surface area contributed by atoms with Gasteiger partial charge in [0.15, 0.2) is 6.23 Å². The molecule has 0 saturated heterocycles. The molecule has 2 N–H and O–H groups in total. The number of nitrogens with zero attached hydrogens (tertiary/aromatic N) is 5. The van der Waals surface area contributed by atoms with Crippen molar-refractivity contribution >= 4 is 28.6 Å². The summed E-state index contributed by atoms with van der Waals surface area (Å²) in [6, 6.07) is 12.6. The van der Waals surface area contributed by atoms with E-state index in [-0.39, 0.29) is 11.8 Å². The van der Waals surface area contributed by atoms with E-state index in [4.69, 9.17) is 15.5 Å². The molecule has 0 bridgehead atoms. The third-order valence-corrected chi connectivity index (χ3v) is 7.13. The van der Waals surface area contributed by atoms with E-state index in [1.165, 1.54) is 11.0 Å². The Kier molecular flexibility index (Phi) is 8.41. The van der Waals surface area contributed by atoms with Gasteiger partial charge in [0.05, 0.1) is 23.5 Å². The lowest BCUT2D eigenvalue weighted by Gasteiger charge is -2.21. The zero-order valence-electron chi connectivity index (χ0n) is 23.0. The second kappa shape index (κ2) is 11.9. The highest BCUT2D eigenvalue weighted by Gasteiger charge is 2.25. The number of rotatable bonds is 9. The van der Waals surface area contributed by atoms with Gasteiger partial charge in [-0.25, -0.2) is 4.98 Å². The number of ether oxygens (including phenoxy) is 1. The smallest absolute Gasteiger partial charge is 0.325 e. The highest BCUT2D eigenvalue weighted by atomic mass is 16.6. The number of carbonyl (C=O) groups excluding carboxylic acids is 2. The van der Waals surface area contributed by atoms with Gasteiger partial charge in [0.25, 0.3) is 0 Å². The molecule has 2 unspecified atom stereocenters. The summed E-state index contributed by atoms with van der Waals surface area (Å²) in [7, 11) is 1.66. The summed E-state index contributed by atoms with van der Waals surface area (Å²) >= 11 is 0. The zero-order chi connectivity index (χ0) is 29.0. The SMILES string of the molecule is C=CC(=O)N(C)c1cncc(-c2cnc3c(c2)c(-c2cccc(C#N)c2)cn3[C@H](C)OC(=O)C(N)C(C)CC)c1. The fraction of sp³-hybridized carbons (Fsp3) is 0.258. The average molecular weight is 537 g/mol. The number of amides is 1. The second-order valence-corrected chi connectivity index (χ2v) is 9.72. The molecule has 0 aliphatic carbocycles. The van der Waals surface area contributed by atoms with Crippen LogP contribution in [0.1, 0.15) is 39.0 Å². The van der Waals surface area contributed by atoms with Crippen LogP contribution in [0.25, 0.3) is 33.3 Å². The monoisotopic (exact) mass is 536 g/mol. The number of nitrogens with two attached hydrogens (primary N) is 1. The second-order valence-electron chi connectivity index (χ2n) is 9.72. The lowest BCUT2D eigenvalue weighted by atomic mass is 10.0. The van der Waals surface area contributed by atoms with Crippen LogP contribution in [0.4, 0.5) is 5.69 Å². The molecule has 204 valence electrons. The summed E-state index contributed by atoms with van der Waals surface area (Å²) in [5.74, 6) is -0.744. The summed E-state index contributed by atoms with van der Waals surface area (Å²) in [5.41, 5.74) is 11.0. The van der Waals surface area contributed by atoms with Gasteiger partial charge >= 0.3 is 5.97 Å². The molecule has 0 spiro atoms. The minimum absolute atomic E-state index is 0.0173. The number of carbonyl (C=O) groups is 2. The predicted molar refractivity (Wildman–Crippen MR) is 155 cm³/mol. The van der Waals surface area contributed by atoms with Gasteiger partial charge in [0, 0.05) is 47.7 Å². The maximum absolute atomic E-state index is 12.8. The zero-order valence-corrected chi connectivity index (χ0v) is 23.0. The molecule has 3 aromatic heterocycles. The van der Waals surface area contributed by atoms with Crippen molar-refractivity contribution in [3.63, 3.8) is 0 Å². The molecule has 3 atom stereocenters. The Balaban J connectivity index is 1.82. The number of esters is 1. The van der Waals surface area contributed by atoms with Crippen LogP contribution in [-0.4, -0.2) is 39.5 Å². The molecule has 4 rings (SSSR count). The van der Waals surface area contributed by atoms with Crippen molar-refractivity contribution in [3.8, 4) is 28.3 Å². The lowest BCUT2D eigenvalue weighted by molar-refractivity contribution is -0.155. The van der Waals surface area contributed by atoms with Gasteiger partial charge < -0.3 is 15.4 Å².